The SMILES string of the molecule is O=C(Nc1ccc(OCc2c(F)cccc2Cl)c(Cl)c1)C1C=CCC1. The van der Waals surface area contributed by atoms with E-state index in [1.165, 1.54) is 12.1 Å². The largest absolute Gasteiger partial charge is 0.487 e. The molecule has 0 bridgehead atoms. The maximum absolute atomic E-state index is 13.8. The molecule has 2 aromatic rings. The molecule has 1 unspecified atom stereocenters. The number of nitrogens with one attached hydrogen (secondary N) is 1. The normalized spacial score (nSPS) is 16.0. The van der Waals surface area contributed by atoms with Crippen molar-refractivity contribution in [2.24, 2.45) is 5.92 Å². The molecule has 0 aromatic heterocycles. The number of allylic oxidation sites excluding steroid dienone is 1. The van der Waals surface area contributed by atoms with Gasteiger partial charge >= 0.3 is 0 Å². The Labute approximate surface area is 155 Å². The first-order valence-corrected chi connectivity index (χ1v) is 8.63. The van der Waals surface area contributed by atoms with Crippen molar-refractivity contribution in [3.8, 4) is 5.75 Å². The molecule has 2 aromatic carbocycles. The van der Waals surface area contributed by atoms with Crippen LogP contribution >= 0.6 is 23.2 Å². The third-order valence-corrected chi connectivity index (χ3v) is 4.63. The molecule has 1 atom stereocenters. The van der Waals surface area contributed by atoms with Gasteiger partial charge in [-0.25, -0.2) is 4.39 Å². The molecule has 130 valence electrons. The molecule has 0 radical (unpaired) electrons. The molecule has 25 heavy (non-hydrogen) atoms. The fourth-order valence-corrected chi connectivity index (χ4v) is 3.05. The Morgan fingerprint density at radius 1 is 1.24 bits per heavy atom. The van der Waals surface area contributed by atoms with Crippen LogP contribution in [0, 0.1) is 11.7 Å². The minimum Gasteiger partial charge on any atom is -0.487 e. The summed E-state index contributed by atoms with van der Waals surface area (Å²) in [7, 11) is 0. The lowest BCUT2D eigenvalue weighted by Crippen LogP contribution is -2.19. The number of amides is 1. The van der Waals surface area contributed by atoms with Gasteiger partial charge in [-0.1, -0.05) is 41.4 Å². The molecular formula is C19H16Cl2FNO2. The van der Waals surface area contributed by atoms with Gasteiger partial charge in [0.1, 0.15) is 18.2 Å². The number of carbonyl (C=O) groups is 1. The second-order valence-electron chi connectivity index (χ2n) is 5.74. The van der Waals surface area contributed by atoms with Crippen LogP contribution in [0.3, 0.4) is 0 Å². The molecule has 1 N–H and O–H groups in total. The minimum absolute atomic E-state index is 0.0379. The highest BCUT2D eigenvalue weighted by molar-refractivity contribution is 6.32. The van der Waals surface area contributed by atoms with Crippen molar-refractivity contribution >= 4 is 34.8 Å². The van der Waals surface area contributed by atoms with Crippen molar-refractivity contribution in [2.75, 3.05) is 5.32 Å². The van der Waals surface area contributed by atoms with Gasteiger partial charge in [-0.2, -0.15) is 0 Å². The number of ether oxygens (including phenoxy) is 1. The maximum atomic E-state index is 13.8. The summed E-state index contributed by atoms with van der Waals surface area (Å²) in [5, 5.41) is 3.45. The summed E-state index contributed by atoms with van der Waals surface area (Å²) in [5.41, 5.74) is 0.859. The smallest absolute Gasteiger partial charge is 0.231 e. The highest BCUT2D eigenvalue weighted by Gasteiger charge is 2.18. The maximum Gasteiger partial charge on any atom is 0.231 e. The highest BCUT2D eigenvalue weighted by atomic mass is 35.5. The summed E-state index contributed by atoms with van der Waals surface area (Å²) in [5.74, 6) is -0.202. The summed E-state index contributed by atoms with van der Waals surface area (Å²) >= 11 is 12.2. The van der Waals surface area contributed by atoms with Gasteiger partial charge in [0, 0.05) is 11.3 Å². The fraction of sp³-hybridized carbons (Fsp3) is 0.211. The van der Waals surface area contributed by atoms with Gasteiger partial charge in [0.25, 0.3) is 0 Å². The average Bonchev–Trinajstić information content (AvgIpc) is 3.11. The molecule has 6 heteroatoms. The molecule has 0 fully saturated rings. The second kappa shape index (κ2) is 7.89. The second-order valence-corrected chi connectivity index (χ2v) is 6.55. The molecule has 0 heterocycles. The van der Waals surface area contributed by atoms with E-state index < -0.39 is 5.82 Å². The first-order chi connectivity index (χ1) is 12.0. The highest BCUT2D eigenvalue weighted by Crippen LogP contribution is 2.30. The van der Waals surface area contributed by atoms with Crippen LogP contribution in [-0.2, 0) is 11.4 Å². The zero-order chi connectivity index (χ0) is 17.8. The van der Waals surface area contributed by atoms with Crippen LogP contribution in [0.15, 0.2) is 48.6 Å². The van der Waals surface area contributed by atoms with Gasteiger partial charge in [-0.15, -0.1) is 0 Å². The van der Waals surface area contributed by atoms with Crippen LogP contribution in [0.4, 0.5) is 10.1 Å². The van der Waals surface area contributed by atoms with Crippen LogP contribution in [-0.4, -0.2) is 5.91 Å². The number of benzene rings is 2. The third kappa shape index (κ3) is 4.33. The van der Waals surface area contributed by atoms with Crippen LogP contribution in [0.1, 0.15) is 18.4 Å². The van der Waals surface area contributed by atoms with Crippen molar-refractivity contribution in [3.63, 3.8) is 0 Å². The van der Waals surface area contributed by atoms with E-state index in [1.807, 2.05) is 12.2 Å². The molecular weight excluding hydrogens is 364 g/mol. The number of hydrogen-bond acceptors (Lipinski definition) is 2. The molecule has 1 aliphatic carbocycles. The number of halogens is 3. The molecule has 0 saturated heterocycles. The fourth-order valence-electron chi connectivity index (χ4n) is 2.60. The lowest BCUT2D eigenvalue weighted by atomic mass is 10.1. The Hall–Kier alpha value is -2.04. The Kier molecular flexibility index (Phi) is 5.61. The Balaban J connectivity index is 1.65. The van der Waals surface area contributed by atoms with E-state index in [4.69, 9.17) is 27.9 Å². The minimum atomic E-state index is -0.433. The quantitative estimate of drug-likeness (QED) is 0.684. The summed E-state index contributed by atoms with van der Waals surface area (Å²) < 4.78 is 19.3. The topological polar surface area (TPSA) is 38.3 Å². The van der Waals surface area contributed by atoms with Crippen LogP contribution in [0.25, 0.3) is 0 Å². The van der Waals surface area contributed by atoms with Gasteiger partial charge in [0.05, 0.1) is 16.0 Å². The first kappa shape index (κ1) is 17.8. The molecule has 3 nitrogen and oxygen atoms in total. The molecule has 0 spiro atoms. The Morgan fingerprint density at radius 2 is 2.08 bits per heavy atom. The van der Waals surface area contributed by atoms with Gasteiger partial charge in [-0.3, -0.25) is 4.79 Å². The van der Waals surface area contributed by atoms with Crippen molar-refractivity contribution in [2.45, 2.75) is 19.4 Å². The predicted octanol–water partition coefficient (Wildman–Crippen LogP) is 5.62. The summed E-state index contributed by atoms with van der Waals surface area (Å²) in [4.78, 5) is 12.1. The van der Waals surface area contributed by atoms with Crippen LogP contribution in [0.5, 0.6) is 5.75 Å². The number of hydrogen-bond donors (Lipinski definition) is 1. The Bertz CT molecular complexity index is 803. The predicted molar refractivity (Wildman–Crippen MR) is 97.7 cm³/mol. The zero-order valence-electron chi connectivity index (χ0n) is 13.3. The van der Waals surface area contributed by atoms with E-state index in [-0.39, 0.29) is 24.0 Å². The molecule has 0 saturated carbocycles. The lowest BCUT2D eigenvalue weighted by Gasteiger charge is -2.13. The first-order valence-electron chi connectivity index (χ1n) is 7.87. The summed E-state index contributed by atoms with van der Waals surface area (Å²) in [6, 6.07) is 9.39. The van der Waals surface area contributed by atoms with E-state index in [0.29, 0.717) is 21.5 Å². The number of rotatable bonds is 5. The van der Waals surface area contributed by atoms with E-state index in [1.54, 1.807) is 24.3 Å². The van der Waals surface area contributed by atoms with E-state index in [0.717, 1.165) is 12.8 Å². The number of carbonyl (C=O) groups excluding carboxylic acids is 1. The molecule has 1 aliphatic rings. The number of anilines is 1. The molecule has 0 aliphatic heterocycles. The van der Waals surface area contributed by atoms with E-state index >= 15 is 0 Å². The van der Waals surface area contributed by atoms with Crippen LogP contribution < -0.4 is 10.1 Å². The van der Waals surface area contributed by atoms with E-state index in [9.17, 15) is 9.18 Å². The van der Waals surface area contributed by atoms with Crippen molar-refractivity contribution in [1.82, 2.24) is 0 Å². The van der Waals surface area contributed by atoms with Crippen molar-refractivity contribution in [1.29, 1.82) is 0 Å². The van der Waals surface area contributed by atoms with Crippen molar-refractivity contribution < 1.29 is 13.9 Å². The van der Waals surface area contributed by atoms with Crippen LogP contribution in [0.2, 0.25) is 10.0 Å². The van der Waals surface area contributed by atoms with Gasteiger partial charge in [0.2, 0.25) is 5.91 Å². The molecule has 3 rings (SSSR count). The van der Waals surface area contributed by atoms with Gasteiger partial charge in [-0.05, 0) is 43.2 Å². The van der Waals surface area contributed by atoms with Gasteiger partial charge in [0.15, 0.2) is 0 Å². The Morgan fingerprint density at radius 3 is 2.76 bits per heavy atom. The summed E-state index contributed by atoms with van der Waals surface area (Å²) in [6.07, 6.45) is 5.66. The lowest BCUT2D eigenvalue weighted by molar-refractivity contribution is -0.118. The zero-order valence-corrected chi connectivity index (χ0v) is 14.8. The molecule has 1 amide bonds. The van der Waals surface area contributed by atoms with Crippen molar-refractivity contribution in [3.05, 3.63) is 70.0 Å². The monoisotopic (exact) mass is 379 g/mol. The average molecular weight is 380 g/mol. The van der Waals surface area contributed by atoms with E-state index in [2.05, 4.69) is 5.32 Å². The third-order valence-electron chi connectivity index (χ3n) is 3.98. The standard InChI is InChI=1S/C19H16Cl2FNO2/c20-15-6-3-7-17(22)14(15)11-25-18-9-8-13(10-16(18)21)23-19(24)12-4-1-2-5-12/h1,3-4,6-10,12H,2,5,11H2,(H,23,24). The summed E-state index contributed by atoms with van der Waals surface area (Å²) in [6.45, 7) is -0.0379. The van der Waals surface area contributed by atoms with Gasteiger partial charge < -0.3 is 10.1 Å².